The maximum Gasteiger partial charge on any atom is 0.0561 e. The molecule has 0 aliphatic heterocycles. The van der Waals surface area contributed by atoms with Crippen molar-refractivity contribution in [3.63, 3.8) is 0 Å². The minimum Gasteiger partial charge on any atom is -0.310 e. The fourth-order valence-electron chi connectivity index (χ4n) is 10.3. The Morgan fingerprint density at radius 3 is 1.24 bits per heavy atom. The first-order valence-corrected chi connectivity index (χ1v) is 24.9. The van der Waals surface area contributed by atoms with Crippen LogP contribution in [0.5, 0.6) is 0 Å². The molecule has 0 saturated carbocycles. The fraction of sp³-hybridized carbons (Fsp3) is 0. The minimum absolute atomic E-state index is 1.05. The van der Waals surface area contributed by atoms with Crippen molar-refractivity contribution in [3.8, 4) is 16.8 Å². The normalized spacial score (nSPS) is 11.4. The number of rotatable bonds is 11. The van der Waals surface area contributed by atoms with Gasteiger partial charge in [-0.1, -0.05) is 140 Å². The van der Waals surface area contributed by atoms with Crippen LogP contribution in [-0.2, 0) is 0 Å². The molecule has 0 bridgehead atoms. The molecule has 0 unspecified atom stereocenters. The van der Waals surface area contributed by atoms with Crippen LogP contribution < -0.4 is 14.7 Å². The van der Waals surface area contributed by atoms with Crippen LogP contribution in [0.2, 0.25) is 0 Å². The Balaban J connectivity index is 1.03. The standard InChI is InChI=1S/C66H46N4S/c1-7-21-49(22-8-1)67(50-23-9-2-10-24-50)57-41-48(42-58(44-57)68(51-25-11-3-12-26-51)52-27-13-4-14-28-52)47-35-39-63-61(43-47)59-38-36-56(46-64(59)70(63)54-31-17-6-18-32-54)69(53-29-15-5-16-30-53)55-37-40-66-62(45-55)60-33-19-20-34-65(60)71-66/h1-46H. The van der Waals surface area contributed by atoms with E-state index < -0.39 is 0 Å². The lowest BCUT2D eigenvalue weighted by Gasteiger charge is -2.30. The number of hydrogen-bond acceptors (Lipinski definition) is 4. The highest BCUT2D eigenvalue weighted by molar-refractivity contribution is 7.25. The van der Waals surface area contributed by atoms with Crippen molar-refractivity contribution in [1.29, 1.82) is 0 Å². The summed E-state index contributed by atoms with van der Waals surface area (Å²) in [5.41, 5.74) is 15.4. The lowest BCUT2D eigenvalue weighted by Crippen LogP contribution is -2.13. The quantitative estimate of drug-likeness (QED) is 0.128. The number of aromatic nitrogens is 1. The second-order valence-electron chi connectivity index (χ2n) is 17.8. The molecule has 13 aromatic rings. The lowest BCUT2D eigenvalue weighted by atomic mass is 9.99. The molecule has 2 aromatic heterocycles. The maximum absolute atomic E-state index is 2.43. The summed E-state index contributed by atoms with van der Waals surface area (Å²) in [7, 11) is 0. The summed E-state index contributed by atoms with van der Waals surface area (Å²) in [6.45, 7) is 0. The number of nitrogens with zero attached hydrogens (tertiary/aromatic N) is 4. The van der Waals surface area contributed by atoms with E-state index in [1.54, 1.807) is 0 Å². The Kier molecular flexibility index (Phi) is 10.7. The Hall–Kier alpha value is -9.16. The average Bonchev–Trinajstić information content (AvgIpc) is 3.98. The molecule has 336 valence electrons. The van der Waals surface area contributed by atoms with Crippen molar-refractivity contribution < 1.29 is 0 Å². The summed E-state index contributed by atoms with van der Waals surface area (Å²) < 4.78 is 5.02. The van der Waals surface area contributed by atoms with E-state index in [9.17, 15) is 0 Å². The summed E-state index contributed by atoms with van der Waals surface area (Å²) in [6.07, 6.45) is 0. The molecule has 4 nitrogen and oxygen atoms in total. The summed E-state index contributed by atoms with van der Waals surface area (Å²) >= 11 is 1.85. The first kappa shape index (κ1) is 42.0. The largest absolute Gasteiger partial charge is 0.310 e. The van der Waals surface area contributed by atoms with Crippen LogP contribution in [0, 0.1) is 0 Å². The molecule has 0 N–H and O–H groups in total. The zero-order chi connectivity index (χ0) is 47.1. The van der Waals surface area contributed by atoms with E-state index in [-0.39, 0.29) is 0 Å². The molecular weight excluding hydrogens is 881 g/mol. The number of para-hydroxylation sites is 6. The Bertz CT molecular complexity index is 3810. The van der Waals surface area contributed by atoms with Crippen molar-refractivity contribution in [1.82, 2.24) is 4.57 Å². The van der Waals surface area contributed by atoms with Gasteiger partial charge < -0.3 is 19.3 Å². The van der Waals surface area contributed by atoms with E-state index in [4.69, 9.17) is 0 Å². The molecule has 0 aliphatic carbocycles. The molecule has 0 aliphatic rings. The molecule has 5 heteroatoms. The Morgan fingerprint density at radius 2 is 0.690 bits per heavy atom. The number of benzene rings is 11. The first-order chi connectivity index (χ1) is 35.2. The summed E-state index contributed by atoms with van der Waals surface area (Å²) in [4.78, 5) is 7.12. The fourth-order valence-corrected chi connectivity index (χ4v) is 11.4. The van der Waals surface area contributed by atoms with Crippen LogP contribution in [-0.4, -0.2) is 4.57 Å². The molecule has 2 heterocycles. The molecule has 0 radical (unpaired) electrons. The van der Waals surface area contributed by atoms with Crippen LogP contribution in [0.25, 0.3) is 58.8 Å². The number of hydrogen-bond donors (Lipinski definition) is 0. The molecule has 0 fully saturated rings. The van der Waals surface area contributed by atoms with Crippen LogP contribution in [0.3, 0.4) is 0 Å². The highest BCUT2D eigenvalue weighted by atomic mass is 32.1. The molecule has 71 heavy (non-hydrogen) atoms. The number of fused-ring (bicyclic) bond motifs is 6. The van der Waals surface area contributed by atoms with Gasteiger partial charge in [-0.15, -0.1) is 11.3 Å². The van der Waals surface area contributed by atoms with E-state index in [0.717, 1.165) is 79.0 Å². The summed E-state index contributed by atoms with van der Waals surface area (Å²) in [5.74, 6) is 0. The SMILES string of the molecule is c1ccc(N(c2ccccc2)c2cc(-c3ccc4c(c3)c3ccc(N(c5ccccc5)c5ccc6sc7ccccc7c6c5)cc3n4-c3ccccc3)cc(N(c3ccccc3)c3ccccc3)c2)cc1. The van der Waals surface area contributed by atoms with Gasteiger partial charge in [0.05, 0.1) is 11.0 Å². The van der Waals surface area contributed by atoms with Gasteiger partial charge in [0.1, 0.15) is 0 Å². The topological polar surface area (TPSA) is 14.7 Å². The van der Waals surface area contributed by atoms with Crippen LogP contribution in [0.15, 0.2) is 279 Å². The smallest absolute Gasteiger partial charge is 0.0561 e. The van der Waals surface area contributed by atoms with Crippen LogP contribution in [0.4, 0.5) is 51.2 Å². The van der Waals surface area contributed by atoms with E-state index in [1.165, 1.54) is 30.9 Å². The highest BCUT2D eigenvalue weighted by Crippen LogP contribution is 2.46. The van der Waals surface area contributed by atoms with Crippen LogP contribution in [0.1, 0.15) is 0 Å². The third kappa shape index (κ3) is 7.75. The predicted molar refractivity (Wildman–Crippen MR) is 303 cm³/mol. The van der Waals surface area contributed by atoms with Gasteiger partial charge in [-0.3, -0.25) is 0 Å². The van der Waals surface area contributed by atoms with Crippen molar-refractivity contribution in [3.05, 3.63) is 279 Å². The third-order valence-corrected chi connectivity index (χ3v) is 14.6. The van der Waals surface area contributed by atoms with Gasteiger partial charge >= 0.3 is 0 Å². The zero-order valence-corrected chi connectivity index (χ0v) is 39.6. The second-order valence-corrected chi connectivity index (χ2v) is 18.9. The van der Waals surface area contributed by atoms with Crippen molar-refractivity contribution in [2.24, 2.45) is 0 Å². The van der Waals surface area contributed by atoms with Gasteiger partial charge in [0.25, 0.3) is 0 Å². The van der Waals surface area contributed by atoms with Gasteiger partial charge in [-0.25, -0.2) is 0 Å². The Labute approximate surface area is 417 Å². The average molecular weight is 927 g/mol. The molecular formula is C66H46N4S. The highest BCUT2D eigenvalue weighted by Gasteiger charge is 2.22. The van der Waals surface area contributed by atoms with Crippen LogP contribution >= 0.6 is 11.3 Å². The number of anilines is 9. The number of thiophene rings is 1. The monoisotopic (exact) mass is 926 g/mol. The molecule has 0 spiro atoms. The van der Waals surface area contributed by atoms with Gasteiger partial charge in [0.15, 0.2) is 0 Å². The van der Waals surface area contributed by atoms with E-state index in [0.29, 0.717) is 0 Å². The third-order valence-electron chi connectivity index (χ3n) is 13.5. The first-order valence-electron chi connectivity index (χ1n) is 24.1. The van der Waals surface area contributed by atoms with Gasteiger partial charge in [0, 0.05) is 87.8 Å². The van der Waals surface area contributed by atoms with E-state index in [1.807, 2.05) is 11.3 Å². The van der Waals surface area contributed by atoms with Crippen molar-refractivity contribution in [2.75, 3.05) is 14.7 Å². The minimum atomic E-state index is 1.05. The Morgan fingerprint density at radius 1 is 0.239 bits per heavy atom. The lowest BCUT2D eigenvalue weighted by molar-refractivity contribution is 1.18. The van der Waals surface area contributed by atoms with E-state index in [2.05, 4.69) is 298 Å². The molecule has 13 rings (SSSR count). The second kappa shape index (κ2) is 18.1. The zero-order valence-electron chi connectivity index (χ0n) is 38.8. The van der Waals surface area contributed by atoms with Gasteiger partial charge in [-0.05, 0) is 151 Å². The summed E-state index contributed by atoms with van der Waals surface area (Å²) in [5, 5.41) is 4.93. The molecule has 0 atom stereocenters. The predicted octanol–water partition coefficient (Wildman–Crippen LogP) is 19.2. The maximum atomic E-state index is 2.43. The molecule has 0 saturated heterocycles. The van der Waals surface area contributed by atoms with Crippen molar-refractivity contribution >= 4 is 105 Å². The van der Waals surface area contributed by atoms with Crippen molar-refractivity contribution in [2.45, 2.75) is 0 Å². The van der Waals surface area contributed by atoms with Gasteiger partial charge in [-0.2, -0.15) is 0 Å². The van der Waals surface area contributed by atoms with E-state index >= 15 is 0 Å². The summed E-state index contributed by atoms with van der Waals surface area (Å²) in [6, 6.07) is 101. The van der Waals surface area contributed by atoms with Gasteiger partial charge in [0.2, 0.25) is 0 Å². The molecule has 11 aromatic carbocycles. The molecule has 0 amide bonds.